The van der Waals surface area contributed by atoms with Crippen molar-refractivity contribution in [3.63, 3.8) is 0 Å². The molecule has 2 N–H and O–H groups in total. The molecule has 6 heteroatoms. The Balaban J connectivity index is 1.66. The molecule has 1 amide bonds. The summed E-state index contributed by atoms with van der Waals surface area (Å²) in [6.45, 7) is 5.12. The van der Waals surface area contributed by atoms with E-state index in [1.165, 1.54) is 0 Å². The Kier molecular flexibility index (Phi) is 4.26. The van der Waals surface area contributed by atoms with Crippen LogP contribution >= 0.6 is 0 Å². The first-order chi connectivity index (χ1) is 10.1. The highest BCUT2D eigenvalue weighted by atomic mass is 16.2. The number of aromatic nitrogens is 2. The maximum Gasteiger partial charge on any atom is 0.242 e. The lowest BCUT2D eigenvalue weighted by Gasteiger charge is -2.35. The number of carbonyl (C=O) groups is 1. The second kappa shape index (κ2) is 6.15. The highest BCUT2D eigenvalue weighted by Gasteiger charge is 2.35. The van der Waals surface area contributed by atoms with Gasteiger partial charge in [-0.1, -0.05) is 0 Å². The van der Waals surface area contributed by atoms with Crippen molar-refractivity contribution in [2.45, 2.75) is 44.7 Å². The first kappa shape index (κ1) is 14.5. The molecule has 0 bridgehead atoms. The van der Waals surface area contributed by atoms with Crippen LogP contribution in [0, 0.1) is 6.92 Å². The molecule has 116 valence electrons. The number of anilines is 1. The predicted molar refractivity (Wildman–Crippen MR) is 82.2 cm³/mol. The fourth-order valence-electron chi connectivity index (χ4n) is 3.58. The van der Waals surface area contributed by atoms with Crippen LogP contribution in [0.2, 0.25) is 0 Å². The number of rotatable bonds is 3. The summed E-state index contributed by atoms with van der Waals surface area (Å²) in [6.07, 6.45) is 4.38. The Hall–Kier alpha value is -1.40. The SMILES string of the molecule is Cc1cc(NC(=O)C2CCCN2C2CCNCC2)n(C)n1. The first-order valence-electron chi connectivity index (χ1n) is 7.93. The highest BCUT2D eigenvalue weighted by molar-refractivity contribution is 5.94. The molecular weight excluding hydrogens is 266 g/mol. The normalized spacial score (nSPS) is 24.4. The minimum absolute atomic E-state index is 0.0170. The van der Waals surface area contributed by atoms with E-state index >= 15 is 0 Å². The molecule has 21 heavy (non-hydrogen) atoms. The Bertz CT molecular complexity index is 506. The van der Waals surface area contributed by atoms with Crippen molar-refractivity contribution in [3.05, 3.63) is 11.8 Å². The van der Waals surface area contributed by atoms with Crippen molar-refractivity contribution < 1.29 is 4.79 Å². The number of carbonyl (C=O) groups excluding carboxylic acids is 1. The van der Waals surface area contributed by atoms with Crippen LogP contribution in [0.5, 0.6) is 0 Å². The molecule has 2 aliphatic heterocycles. The lowest BCUT2D eigenvalue weighted by molar-refractivity contribution is -0.121. The molecule has 1 aromatic rings. The van der Waals surface area contributed by atoms with Crippen LogP contribution in [0.4, 0.5) is 5.82 Å². The van der Waals surface area contributed by atoms with E-state index in [9.17, 15) is 4.79 Å². The zero-order valence-corrected chi connectivity index (χ0v) is 12.9. The van der Waals surface area contributed by atoms with Gasteiger partial charge < -0.3 is 10.6 Å². The van der Waals surface area contributed by atoms with E-state index < -0.39 is 0 Å². The monoisotopic (exact) mass is 291 g/mol. The quantitative estimate of drug-likeness (QED) is 0.868. The fraction of sp³-hybridized carbons (Fsp3) is 0.733. The van der Waals surface area contributed by atoms with Crippen molar-refractivity contribution in [3.8, 4) is 0 Å². The van der Waals surface area contributed by atoms with E-state index in [-0.39, 0.29) is 11.9 Å². The summed E-state index contributed by atoms with van der Waals surface area (Å²) in [6, 6.07) is 2.49. The number of hydrogen-bond donors (Lipinski definition) is 2. The molecule has 1 unspecified atom stereocenters. The van der Waals surface area contributed by atoms with Crippen LogP contribution in [0.3, 0.4) is 0 Å². The summed E-state index contributed by atoms with van der Waals surface area (Å²) in [5.74, 6) is 0.906. The largest absolute Gasteiger partial charge is 0.317 e. The number of hydrogen-bond acceptors (Lipinski definition) is 4. The minimum Gasteiger partial charge on any atom is -0.317 e. The molecule has 1 aromatic heterocycles. The van der Waals surface area contributed by atoms with Gasteiger partial charge in [-0.05, 0) is 52.2 Å². The molecule has 2 aliphatic rings. The molecule has 3 heterocycles. The molecule has 0 saturated carbocycles. The topological polar surface area (TPSA) is 62.2 Å². The van der Waals surface area contributed by atoms with Crippen LogP contribution < -0.4 is 10.6 Å². The van der Waals surface area contributed by atoms with Gasteiger partial charge in [-0.3, -0.25) is 14.4 Å². The maximum atomic E-state index is 12.6. The molecule has 2 saturated heterocycles. The van der Waals surface area contributed by atoms with Crippen molar-refractivity contribution in [2.75, 3.05) is 25.0 Å². The molecule has 0 radical (unpaired) electrons. The van der Waals surface area contributed by atoms with Crippen LogP contribution in [0.15, 0.2) is 6.07 Å². The molecule has 6 nitrogen and oxygen atoms in total. The zero-order valence-electron chi connectivity index (χ0n) is 12.9. The number of nitrogens with zero attached hydrogens (tertiary/aromatic N) is 3. The van der Waals surface area contributed by atoms with Gasteiger partial charge in [0.2, 0.25) is 5.91 Å². The molecule has 1 atom stereocenters. The zero-order chi connectivity index (χ0) is 14.8. The summed E-state index contributed by atoms with van der Waals surface area (Å²) < 4.78 is 1.73. The van der Waals surface area contributed by atoms with E-state index in [1.807, 2.05) is 20.0 Å². The standard InChI is InChI=1S/C15H25N5O/c1-11-10-14(19(2)18-11)17-15(21)13-4-3-9-20(13)12-5-7-16-8-6-12/h10,12-13,16H,3-9H2,1-2H3,(H,17,21). The van der Waals surface area contributed by atoms with Crippen molar-refractivity contribution in [2.24, 2.45) is 7.05 Å². The summed E-state index contributed by atoms with van der Waals surface area (Å²) in [4.78, 5) is 15.0. The third-order valence-electron chi connectivity index (χ3n) is 4.63. The third-order valence-corrected chi connectivity index (χ3v) is 4.63. The van der Waals surface area contributed by atoms with Gasteiger partial charge in [0.1, 0.15) is 5.82 Å². The van der Waals surface area contributed by atoms with Crippen LogP contribution in [-0.4, -0.2) is 52.3 Å². The predicted octanol–water partition coefficient (Wildman–Crippen LogP) is 0.883. The number of aryl methyl sites for hydroxylation is 2. The summed E-state index contributed by atoms with van der Waals surface area (Å²) in [5, 5.41) is 10.7. The van der Waals surface area contributed by atoms with Crippen LogP contribution in [0.25, 0.3) is 0 Å². The van der Waals surface area contributed by atoms with Crippen molar-refractivity contribution in [1.82, 2.24) is 20.0 Å². The summed E-state index contributed by atoms with van der Waals surface area (Å²) in [5.41, 5.74) is 0.925. The Labute approximate surface area is 125 Å². The third kappa shape index (κ3) is 3.11. The molecule has 3 rings (SSSR count). The Morgan fingerprint density at radius 3 is 2.81 bits per heavy atom. The number of amides is 1. The smallest absolute Gasteiger partial charge is 0.242 e. The average molecular weight is 291 g/mol. The molecule has 0 aliphatic carbocycles. The maximum absolute atomic E-state index is 12.6. The van der Waals surface area contributed by atoms with Gasteiger partial charge in [0.15, 0.2) is 0 Å². The van der Waals surface area contributed by atoms with E-state index in [0.717, 1.165) is 56.8 Å². The first-order valence-corrected chi connectivity index (χ1v) is 7.93. The summed E-state index contributed by atoms with van der Waals surface area (Å²) >= 11 is 0. The molecule has 2 fully saturated rings. The van der Waals surface area contributed by atoms with E-state index in [4.69, 9.17) is 0 Å². The lowest BCUT2D eigenvalue weighted by atomic mass is 10.0. The van der Waals surface area contributed by atoms with Gasteiger partial charge in [-0.15, -0.1) is 0 Å². The van der Waals surface area contributed by atoms with Crippen molar-refractivity contribution >= 4 is 11.7 Å². The highest BCUT2D eigenvalue weighted by Crippen LogP contribution is 2.25. The number of nitrogens with one attached hydrogen (secondary N) is 2. The van der Waals surface area contributed by atoms with E-state index in [2.05, 4.69) is 20.6 Å². The van der Waals surface area contributed by atoms with Gasteiger partial charge >= 0.3 is 0 Å². The van der Waals surface area contributed by atoms with Gasteiger partial charge in [0.05, 0.1) is 11.7 Å². The van der Waals surface area contributed by atoms with E-state index in [1.54, 1.807) is 4.68 Å². The second-order valence-electron chi connectivity index (χ2n) is 6.16. The van der Waals surface area contributed by atoms with E-state index in [0.29, 0.717) is 6.04 Å². The molecule has 0 spiro atoms. The number of likely N-dealkylation sites (tertiary alicyclic amines) is 1. The van der Waals surface area contributed by atoms with Crippen molar-refractivity contribution in [1.29, 1.82) is 0 Å². The van der Waals surface area contributed by atoms with Crippen LogP contribution in [-0.2, 0) is 11.8 Å². The lowest BCUT2D eigenvalue weighted by Crippen LogP contribution is -2.49. The minimum atomic E-state index is 0.0170. The average Bonchev–Trinajstić information content (AvgIpc) is 3.07. The Morgan fingerprint density at radius 2 is 2.14 bits per heavy atom. The van der Waals surface area contributed by atoms with Gasteiger partial charge in [0.25, 0.3) is 0 Å². The summed E-state index contributed by atoms with van der Waals surface area (Å²) in [7, 11) is 1.86. The fourth-order valence-corrected chi connectivity index (χ4v) is 3.58. The number of piperidine rings is 1. The van der Waals surface area contributed by atoms with Crippen LogP contribution in [0.1, 0.15) is 31.4 Å². The molecular formula is C15H25N5O. The van der Waals surface area contributed by atoms with Gasteiger partial charge in [-0.2, -0.15) is 5.10 Å². The second-order valence-corrected chi connectivity index (χ2v) is 6.16. The van der Waals surface area contributed by atoms with Gasteiger partial charge in [0, 0.05) is 19.2 Å². The Morgan fingerprint density at radius 1 is 1.38 bits per heavy atom. The molecule has 0 aromatic carbocycles. The van der Waals surface area contributed by atoms with Gasteiger partial charge in [-0.25, -0.2) is 0 Å².